The number of carbonyl (C=O) groups excluding carboxylic acids is 1. The Balaban J connectivity index is 1.79. The molecule has 0 spiro atoms. The van der Waals surface area contributed by atoms with Crippen molar-refractivity contribution in [3.63, 3.8) is 0 Å². The van der Waals surface area contributed by atoms with Crippen LogP contribution >= 0.6 is 0 Å². The van der Waals surface area contributed by atoms with Crippen molar-refractivity contribution < 1.29 is 22.7 Å². The molecule has 1 saturated heterocycles. The molecule has 1 aromatic rings. The van der Waals surface area contributed by atoms with Crippen LogP contribution in [0.5, 0.6) is 5.88 Å². The summed E-state index contributed by atoms with van der Waals surface area (Å²) in [6, 6.07) is 2.13. The van der Waals surface area contributed by atoms with Crippen molar-refractivity contribution in [3.05, 3.63) is 23.9 Å². The summed E-state index contributed by atoms with van der Waals surface area (Å²) in [7, 11) is 0. The van der Waals surface area contributed by atoms with E-state index in [9.17, 15) is 18.0 Å². The third-order valence-electron chi connectivity index (χ3n) is 3.30. The number of amides is 1. The quantitative estimate of drug-likeness (QED) is 0.840. The van der Waals surface area contributed by atoms with Gasteiger partial charge in [0.1, 0.15) is 6.10 Å². The lowest BCUT2D eigenvalue weighted by Crippen LogP contribution is -2.56. The first kappa shape index (κ1) is 15.6. The summed E-state index contributed by atoms with van der Waals surface area (Å²) in [5.41, 5.74) is -0.806. The van der Waals surface area contributed by atoms with Crippen LogP contribution in [0, 0.1) is 0 Å². The Labute approximate surface area is 120 Å². The number of rotatable bonds is 5. The van der Waals surface area contributed by atoms with Crippen molar-refractivity contribution in [2.24, 2.45) is 0 Å². The number of halogens is 3. The summed E-state index contributed by atoms with van der Waals surface area (Å²) in [6.07, 6.45) is -1.49. The molecule has 7 heteroatoms. The smallest absolute Gasteiger partial charge is 0.417 e. The molecule has 2 rings (SSSR count). The lowest BCUT2D eigenvalue weighted by atomic mass is 10.1. The molecule has 1 aliphatic heterocycles. The molecule has 0 aromatic carbocycles. The first-order valence-corrected chi connectivity index (χ1v) is 6.88. The number of hydrogen-bond acceptors (Lipinski definition) is 3. The highest BCUT2D eigenvalue weighted by atomic mass is 19.4. The zero-order valence-electron chi connectivity index (χ0n) is 11.7. The predicted molar refractivity (Wildman–Crippen MR) is 69.8 cm³/mol. The maximum atomic E-state index is 12.4. The molecule has 0 bridgehead atoms. The topological polar surface area (TPSA) is 42.4 Å². The molecular weight excluding hydrogens is 285 g/mol. The Morgan fingerprint density at radius 2 is 2.14 bits per heavy atom. The van der Waals surface area contributed by atoms with Gasteiger partial charge in [-0.2, -0.15) is 13.2 Å². The number of ether oxygens (including phenoxy) is 1. The van der Waals surface area contributed by atoms with Crippen molar-refractivity contribution in [2.75, 3.05) is 13.1 Å². The van der Waals surface area contributed by atoms with Crippen LogP contribution in [0.3, 0.4) is 0 Å². The number of unbranched alkanes of at least 4 members (excludes halogenated alkanes) is 1. The number of likely N-dealkylation sites (tertiary alicyclic amines) is 1. The highest BCUT2D eigenvalue weighted by Gasteiger charge is 2.33. The van der Waals surface area contributed by atoms with Crippen molar-refractivity contribution in [1.82, 2.24) is 9.88 Å². The SMILES string of the molecule is CCCCC(=O)N1CC(Oc2ccc(C(F)(F)F)cn2)C1. The fraction of sp³-hybridized carbons (Fsp3) is 0.571. The van der Waals surface area contributed by atoms with E-state index in [1.165, 1.54) is 6.07 Å². The second kappa shape index (κ2) is 6.32. The summed E-state index contributed by atoms with van der Waals surface area (Å²) in [6.45, 7) is 2.95. The molecule has 0 radical (unpaired) electrons. The van der Waals surface area contributed by atoms with Gasteiger partial charge in [-0.25, -0.2) is 4.98 Å². The minimum atomic E-state index is -4.40. The van der Waals surface area contributed by atoms with E-state index in [0.717, 1.165) is 25.1 Å². The zero-order chi connectivity index (χ0) is 15.5. The molecule has 0 N–H and O–H groups in total. The van der Waals surface area contributed by atoms with Crippen molar-refractivity contribution >= 4 is 5.91 Å². The second-order valence-corrected chi connectivity index (χ2v) is 5.03. The van der Waals surface area contributed by atoms with E-state index >= 15 is 0 Å². The highest BCUT2D eigenvalue weighted by molar-refractivity contribution is 5.77. The minimum Gasteiger partial charge on any atom is -0.471 e. The number of pyridine rings is 1. The van der Waals surface area contributed by atoms with Gasteiger partial charge in [0.15, 0.2) is 0 Å². The molecule has 1 aromatic heterocycles. The molecule has 0 aliphatic carbocycles. The fourth-order valence-electron chi connectivity index (χ4n) is 1.99. The molecule has 0 saturated carbocycles. The first-order chi connectivity index (χ1) is 9.90. The van der Waals surface area contributed by atoms with Gasteiger partial charge < -0.3 is 9.64 Å². The van der Waals surface area contributed by atoms with E-state index in [1.807, 2.05) is 6.92 Å². The summed E-state index contributed by atoms with van der Waals surface area (Å²) >= 11 is 0. The lowest BCUT2D eigenvalue weighted by molar-refractivity contribution is -0.140. The van der Waals surface area contributed by atoms with Gasteiger partial charge in [0.2, 0.25) is 11.8 Å². The molecule has 1 aliphatic rings. The normalized spacial score (nSPS) is 15.7. The molecule has 4 nitrogen and oxygen atoms in total. The van der Waals surface area contributed by atoms with Gasteiger partial charge in [0, 0.05) is 18.7 Å². The van der Waals surface area contributed by atoms with Gasteiger partial charge >= 0.3 is 6.18 Å². The molecular formula is C14H17F3N2O2. The standard InChI is InChI=1S/C14H17F3N2O2/c1-2-3-4-13(20)19-8-11(9-19)21-12-6-5-10(7-18-12)14(15,16)17/h5-7,11H,2-4,8-9H2,1H3. The van der Waals surface area contributed by atoms with E-state index in [0.29, 0.717) is 19.5 Å². The second-order valence-electron chi connectivity index (χ2n) is 5.03. The number of alkyl halides is 3. The van der Waals surface area contributed by atoms with Gasteiger partial charge in [-0.05, 0) is 12.5 Å². The minimum absolute atomic E-state index is 0.0945. The summed E-state index contributed by atoms with van der Waals surface area (Å²) < 4.78 is 42.6. The maximum Gasteiger partial charge on any atom is 0.417 e. The van der Waals surface area contributed by atoms with Gasteiger partial charge in [-0.3, -0.25) is 4.79 Å². The Morgan fingerprint density at radius 3 is 2.67 bits per heavy atom. The average molecular weight is 302 g/mol. The fourth-order valence-corrected chi connectivity index (χ4v) is 1.99. The lowest BCUT2D eigenvalue weighted by Gasteiger charge is -2.38. The van der Waals surface area contributed by atoms with Crippen LogP contribution in [-0.4, -0.2) is 35.0 Å². The Bertz CT molecular complexity index is 482. The van der Waals surface area contributed by atoms with Crippen molar-refractivity contribution in [3.8, 4) is 5.88 Å². The molecule has 1 fully saturated rings. The van der Waals surface area contributed by atoms with Crippen LogP contribution in [-0.2, 0) is 11.0 Å². The third-order valence-corrected chi connectivity index (χ3v) is 3.30. The third kappa shape index (κ3) is 4.09. The van der Waals surface area contributed by atoms with Crippen LogP contribution in [0.4, 0.5) is 13.2 Å². The molecule has 1 amide bonds. The highest BCUT2D eigenvalue weighted by Crippen LogP contribution is 2.29. The van der Waals surface area contributed by atoms with E-state index < -0.39 is 11.7 Å². The van der Waals surface area contributed by atoms with Gasteiger partial charge in [0.05, 0.1) is 18.7 Å². The number of carbonyl (C=O) groups is 1. The summed E-state index contributed by atoms with van der Waals surface area (Å²) in [5.74, 6) is 0.241. The van der Waals surface area contributed by atoms with Crippen LogP contribution in [0.25, 0.3) is 0 Å². The summed E-state index contributed by atoms with van der Waals surface area (Å²) in [5, 5.41) is 0. The summed E-state index contributed by atoms with van der Waals surface area (Å²) in [4.78, 5) is 17.0. The molecule has 116 valence electrons. The first-order valence-electron chi connectivity index (χ1n) is 6.88. The van der Waals surface area contributed by atoms with E-state index in [4.69, 9.17) is 4.74 Å². The number of aromatic nitrogens is 1. The monoisotopic (exact) mass is 302 g/mol. The van der Waals surface area contributed by atoms with Gasteiger partial charge in [-0.1, -0.05) is 13.3 Å². The van der Waals surface area contributed by atoms with E-state index in [2.05, 4.69) is 4.98 Å². The predicted octanol–water partition coefficient (Wildman–Crippen LogP) is 2.88. The Hall–Kier alpha value is -1.79. The Morgan fingerprint density at radius 1 is 1.43 bits per heavy atom. The van der Waals surface area contributed by atoms with E-state index in [-0.39, 0.29) is 17.9 Å². The van der Waals surface area contributed by atoms with Crippen LogP contribution in [0.1, 0.15) is 31.7 Å². The molecule has 0 unspecified atom stereocenters. The van der Waals surface area contributed by atoms with Crippen LogP contribution in [0.2, 0.25) is 0 Å². The number of hydrogen-bond donors (Lipinski definition) is 0. The average Bonchev–Trinajstić information content (AvgIpc) is 2.39. The molecule has 21 heavy (non-hydrogen) atoms. The van der Waals surface area contributed by atoms with E-state index in [1.54, 1.807) is 4.90 Å². The Kier molecular flexibility index (Phi) is 4.69. The van der Waals surface area contributed by atoms with Crippen molar-refractivity contribution in [1.29, 1.82) is 0 Å². The number of nitrogens with zero attached hydrogens (tertiary/aromatic N) is 2. The van der Waals surface area contributed by atoms with Gasteiger partial charge in [0.25, 0.3) is 0 Å². The largest absolute Gasteiger partial charge is 0.471 e. The van der Waals surface area contributed by atoms with Gasteiger partial charge in [-0.15, -0.1) is 0 Å². The van der Waals surface area contributed by atoms with Crippen LogP contribution in [0.15, 0.2) is 18.3 Å². The molecule has 0 atom stereocenters. The maximum absolute atomic E-state index is 12.4. The zero-order valence-corrected chi connectivity index (χ0v) is 11.7. The van der Waals surface area contributed by atoms with Crippen LogP contribution < -0.4 is 4.74 Å². The molecule has 2 heterocycles. The van der Waals surface area contributed by atoms with Crippen molar-refractivity contribution in [2.45, 2.75) is 38.5 Å².